The Bertz CT molecular complexity index is 235. The van der Waals surface area contributed by atoms with E-state index in [1.54, 1.807) is 7.11 Å². The van der Waals surface area contributed by atoms with E-state index in [9.17, 15) is 0 Å². The molecule has 1 rings (SSSR count). The van der Waals surface area contributed by atoms with E-state index in [0.29, 0.717) is 0 Å². The average molecular weight is 215 g/mol. The van der Waals surface area contributed by atoms with Crippen LogP contribution in [0.25, 0.3) is 0 Å². The van der Waals surface area contributed by atoms with Crippen LogP contribution in [0.1, 0.15) is 18.6 Å². The third-order valence-corrected chi connectivity index (χ3v) is 2.42. The Morgan fingerprint density at radius 1 is 1.36 bits per heavy atom. The summed E-state index contributed by atoms with van der Waals surface area (Å²) >= 11 is 3.46. The zero-order valence-electron chi connectivity index (χ0n) is 6.67. The van der Waals surface area contributed by atoms with E-state index < -0.39 is 0 Å². The minimum Gasteiger partial charge on any atom is -0.377 e. The van der Waals surface area contributed by atoms with Gasteiger partial charge in [0.1, 0.15) is 0 Å². The fourth-order valence-corrected chi connectivity index (χ4v) is 1.54. The third-order valence-electron chi connectivity index (χ3n) is 1.70. The van der Waals surface area contributed by atoms with Gasteiger partial charge < -0.3 is 4.74 Å². The van der Waals surface area contributed by atoms with E-state index in [0.717, 1.165) is 4.47 Å². The van der Waals surface area contributed by atoms with Crippen molar-refractivity contribution in [1.82, 2.24) is 0 Å². The number of methoxy groups -OCH3 is 1. The van der Waals surface area contributed by atoms with Gasteiger partial charge in [0, 0.05) is 11.6 Å². The molecule has 0 aromatic heterocycles. The van der Waals surface area contributed by atoms with Crippen molar-refractivity contribution in [3.63, 3.8) is 0 Å². The van der Waals surface area contributed by atoms with Crippen LogP contribution in [0.5, 0.6) is 0 Å². The van der Waals surface area contributed by atoms with Crippen LogP contribution in [0, 0.1) is 0 Å². The first-order chi connectivity index (χ1) is 5.25. The van der Waals surface area contributed by atoms with Crippen LogP contribution in [0.15, 0.2) is 28.7 Å². The molecule has 1 aromatic rings. The van der Waals surface area contributed by atoms with E-state index in [1.807, 2.05) is 25.1 Å². The molecule has 0 N–H and O–H groups in total. The van der Waals surface area contributed by atoms with Gasteiger partial charge in [-0.25, -0.2) is 0 Å². The summed E-state index contributed by atoms with van der Waals surface area (Å²) in [4.78, 5) is 0. The molecule has 0 heterocycles. The van der Waals surface area contributed by atoms with E-state index in [4.69, 9.17) is 4.74 Å². The summed E-state index contributed by atoms with van der Waals surface area (Å²) in [5, 5.41) is 0. The standard InChI is InChI=1S/C9H11BrO/c1-7(11-2)8-5-3-4-6-9(8)10/h3-7H,1-2H3/t7-/m0/s1. The number of halogens is 1. The molecule has 0 aliphatic rings. The first-order valence-corrected chi connectivity index (χ1v) is 4.32. The molecule has 0 aliphatic heterocycles. The van der Waals surface area contributed by atoms with E-state index in [1.165, 1.54) is 5.56 Å². The predicted octanol–water partition coefficient (Wildman–Crippen LogP) is 3.16. The van der Waals surface area contributed by atoms with Crippen LogP contribution < -0.4 is 0 Å². The Labute approximate surface area is 75.5 Å². The number of hydrogen-bond acceptors (Lipinski definition) is 1. The van der Waals surface area contributed by atoms with Crippen LogP contribution in [0.4, 0.5) is 0 Å². The highest BCUT2D eigenvalue weighted by atomic mass is 79.9. The normalized spacial score (nSPS) is 13.0. The average Bonchev–Trinajstić information content (AvgIpc) is 2.04. The van der Waals surface area contributed by atoms with Gasteiger partial charge in [0.25, 0.3) is 0 Å². The van der Waals surface area contributed by atoms with E-state index >= 15 is 0 Å². The fraction of sp³-hybridized carbons (Fsp3) is 0.333. The molecule has 0 spiro atoms. The molecule has 11 heavy (non-hydrogen) atoms. The molecule has 1 atom stereocenters. The summed E-state index contributed by atoms with van der Waals surface area (Å²) in [5.41, 5.74) is 1.19. The van der Waals surface area contributed by atoms with Crippen molar-refractivity contribution < 1.29 is 4.74 Å². The number of rotatable bonds is 2. The van der Waals surface area contributed by atoms with Crippen LogP contribution in [-0.2, 0) is 4.74 Å². The fourth-order valence-electron chi connectivity index (χ4n) is 0.932. The second-order valence-corrected chi connectivity index (χ2v) is 3.25. The lowest BCUT2D eigenvalue weighted by Crippen LogP contribution is -1.95. The van der Waals surface area contributed by atoms with Gasteiger partial charge in [-0.15, -0.1) is 0 Å². The van der Waals surface area contributed by atoms with Gasteiger partial charge in [-0.2, -0.15) is 0 Å². The van der Waals surface area contributed by atoms with Gasteiger partial charge in [-0.05, 0) is 18.6 Å². The van der Waals surface area contributed by atoms with Crippen molar-refractivity contribution >= 4 is 15.9 Å². The summed E-state index contributed by atoms with van der Waals surface area (Å²) in [6.45, 7) is 2.03. The first-order valence-electron chi connectivity index (χ1n) is 3.53. The molecule has 0 unspecified atom stereocenters. The third kappa shape index (κ3) is 2.04. The summed E-state index contributed by atoms with van der Waals surface area (Å²) < 4.78 is 6.29. The Morgan fingerprint density at radius 2 is 2.00 bits per heavy atom. The van der Waals surface area contributed by atoms with Crippen molar-refractivity contribution in [2.75, 3.05) is 7.11 Å². The maximum absolute atomic E-state index is 5.19. The van der Waals surface area contributed by atoms with Crippen molar-refractivity contribution in [3.05, 3.63) is 34.3 Å². The van der Waals surface area contributed by atoms with Gasteiger partial charge in [0.15, 0.2) is 0 Å². The summed E-state index contributed by atoms with van der Waals surface area (Å²) in [7, 11) is 1.71. The summed E-state index contributed by atoms with van der Waals surface area (Å²) in [5.74, 6) is 0. The molecule has 2 heteroatoms. The molecule has 60 valence electrons. The lowest BCUT2D eigenvalue weighted by Gasteiger charge is -2.10. The lowest BCUT2D eigenvalue weighted by molar-refractivity contribution is 0.119. The minimum absolute atomic E-state index is 0.158. The second kappa shape index (κ2) is 3.88. The molecule has 0 saturated carbocycles. The molecular weight excluding hydrogens is 204 g/mol. The molecule has 1 nitrogen and oxygen atoms in total. The molecule has 0 saturated heterocycles. The van der Waals surface area contributed by atoms with Crippen LogP contribution in [0.3, 0.4) is 0 Å². The van der Waals surface area contributed by atoms with Gasteiger partial charge in [-0.3, -0.25) is 0 Å². The Hall–Kier alpha value is -0.340. The first kappa shape index (κ1) is 8.75. The predicted molar refractivity (Wildman–Crippen MR) is 49.6 cm³/mol. The summed E-state index contributed by atoms with van der Waals surface area (Å²) in [6, 6.07) is 8.08. The van der Waals surface area contributed by atoms with Gasteiger partial charge >= 0.3 is 0 Å². The number of benzene rings is 1. The topological polar surface area (TPSA) is 9.23 Å². The SMILES string of the molecule is CO[C@@H](C)c1ccccc1Br. The van der Waals surface area contributed by atoms with Crippen molar-refractivity contribution in [2.45, 2.75) is 13.0 Å². The zero-order valence-corrected chi connectivity index (χ0v) is 8.26. The minimum atomic E-state index is 0.158. The molecule has 1 aromatic carbocycles. The van der Waals surface area contributed by atoms with Gasteiger partial charge in [-0.1, -0.05) is 34.1 Å². The Morgan fingerprint density at radius 3 is 2.55 bits per heavy atom. The van der Waals surface area contributed by atoms with Crippen molar-refractivity contribution in [1.29, 1.82) is 0 Å². The molecular formula is C9H11BrO. The number of ether oxygens (including phenoxy) is 1. The highest BCUT2D eigenvalue weighted by Crippen LogP contribution is 2.24. The maximum Gasteiger partial charge on any atom is 0.0803 e. The Balaban J connectivity index is 2.93. The largest absolute Gasteiger partial charge is 0.377 e. The van der Waals surface area contributed by atoms with Gasteiger partial charge in [0.05, 0.1) is 6.10 Å². The molecule has 0 radical (unpaired) electrons. The summed E-state index contributed by atoms with van der Waals surface area (Å²) in [6.07, 6.45) is 0.158. The molecule has 0 bridgehead atoms. The smallest absolute Gasteiger partial charge is 0.0803 e. The van der Waals surface area contributed by atoms with Crippen LogP contribution >= 0.6 is 15.9 Å². The maximum atomic E-state index is 5.19. The quantitative estimate of drug-likeness (QED) is 0.736. The monoisotopic (exact) mass is 214 g/mol. The molecule has 0 amide bonds. The van der Waals surface area contributed by atoms with Crippen LogP contribution in [-0.4, -0.2) is 7.11 Å². The molecule has 0 aliphatic carbocycles. The van der Waals surface area contributed by atoms with Gasteiger partial charge in [0.2, 0.25) is 0 Å². The van der Waals surface area contributed by atoms with E-state index in [2.05, 4.69) is 22.0 Å². The second-order valence-electron chi connectivity index (χ2n) is 2.40. The van der Waals surface area contributed by atoms with Crippen molar-refractivity contribution in [3.8, 4) is 0 Å². The number of hydrogen-bond donors (Lipinski definition) is 0. The van der Waals surface area contributed by atoms with Crippen LogP contribution in [0.2, 0.25) is 0 Å². The highest BCUT2D eigenvalue weighted by molar-refractivity contribution is 9.10. The zero-order chi connectivity index (χ0) is 8.27. The van der Waals surface area contributed by atoms with E-state index in [-0.39, 0.29) is 6.10 Å². The lowest BCUT2D eigenvalue weighted by atomic mass is 10.1. The van der Waals surface area contributed by atoms with Crippen molar-refractivity contribution in [2.24, 2.45) is 0 Å². The Kier molecular flexibility index (Phi) is 3.09. The highest BCUT2D eigenvalue weighted by Gasteiger charge is 2.05. The molecule has 0 fully saturated rings.